The summed E-state index contributed by atoms with van der Waals surface area (Å²) in [6.45, 7) is 0. The summed E-state index contributed by atoms with van der Waals surface area (Å²) in [5.41, 5.74) is 1.96. The van der Waals surface area contributed by atoms with E-state index in [2.05, 4.69) is 6.08 Å². The quantitative estimate of drug-likeness (QED) is 0.790. The molecule has 2 heteroatoms. The van der Waals surface area contributed by atoms with Gasteiger partial charge in [-0.25, -0.2) is 0 Å². The Morgan fingerprint density at radius 1 is 1.31 bits per heavy atom. The molecule has 1 aliphatic rings. The minimum Gasteiger partial charge on any atom is -0.384 e. The van der Waals surface area contributed by atoms with Crippen molar-refractivity contribution in [3.8, 4) is 0 Å². The molecule has 1 aromatic rings. The molecule has 1 aromatic carbocycles. The molecule has 0 radical (unpaired) electrons. The summed E-state index contributed by atoms with van der Waals surface area (Å²) in [5.74, 6) is 0. The molecule has 86 valence electrons. The summed E-state index contributed by atoms with van der Waals surface area (Å²) in [6.07, 6.45) is 4.86. The average molecular weight is 218 g/mol. The van der Waals surface area contributed by atoms with Crippen LogP contribution in [0.2, 0.25) is 0 Å². The standard InChI is InChI=1S/C14H18O2/c1-16-13-10-6-5-9-12(13)14(15)11-7-3-2-4-8-11/h2-4,7-9,13-15H,5-6,10H2,1H3/t13-,14+/m0/s1. The molecule has 1 N–H and O–H groups in total. The maximum atomic E-state index is 10.3. The number of aliphatic hydroxyl groups excluding tert-OH is 1. The Balaban J connectivity index is 2.20. The van der Waals surface area contributed by atoms with Crippen LogP contribution in [-0.4, -0.2) is 18.3 Å². The van der Waals surface area contributed by atoms with Gasteiger partial charge in [0.1, 0.15) is 6.10 Å². The van der Waals surface area contributed by atoms with Crippen molar-refractivity contribution in [2.45, 2.75) is 31.5 Å². The summed E-state index contributed by atoms with van der Waals surface area (Å²) in [6, 6.07) is 9.76. The van der Waals surface area contributed by atoms with Crippen LogP contribution in [0.5, 0.6) is 0 Å². The third-order valence-electron chi connectivity index (χ3n) is 3.14. The van der Waals surface area contributed by atoms with Gasteiger partial charge in [0.2, 0.25) is 0 Å². The topological polar surface area (TPSA) is 29.5 Å². The molecular weight excluding hydrogens is 200 g/mol. The highest BCUT2D eigenvalue weighted by Gasteiger charge is 2.24. The molecule has 2 nitrogen and oxygen atoms in total. The lowest BCUT2D eigenvalue weighted by Gasteiger charge is -2.26. The van der Waals surface area contributed by atoms with Crippen molar-refractivity contribution in [1.82, 2.24) is 0 Å². The van der Waals surface area contributed by atoms with Gasteiger partial charge in [0.25, 0.3) is 0 Å². The summed E-state index contributed by atoms with van der Waals surface area (Å²) < 4.78 is 5.42. The van der Waals surface area contributed by atoms with Crippen molar-refractivity contribution in [2.24, 2.45) is 0 Å². The van der Waals surface area contributed by atoms with Gasteiger partial charge >= 0.3 is 0 Å². The zero-order valence-electron chi connectivity index (χ0n) is 9.60. The van der Waals surface area contributed by atoms with Crippen molar-refractivity contribution < 1.29 is 9.84 Å². The zero-order chi connectivity index (χ0) is 11.4. The highest BCUT2D eigenvalue weighted by Crippen LogP contribution is 2.31. The molecular formula is C14H18O2. The van der Waals surface area contributed by atoms with Gasteiger partial charge in [-0.1, -0.05) is 36.4 Å². The molecule has 0 saturated heterocycles. The summed E-state index contributed by atoms with van der Waals surface area (Å²) in [4.78, 5) is 0. The van der Waals surface area contributed by atoms with E-state index in [1.807, 2.05) is 30.3 Å². The van der Waals surface area contributed by atoms with E-state index in [-0.39, 0.29) is 6.10 Å². The molecule has 2 atom stereocenters. The van der Waals surface area contributed by atoms with Crippen LogP contribution in [0.1, 0.15) is 30.9 Å². The number of hydrogen-bond acceptors (Lipinski definition) is 2. The molecule has 1 aliphatic carbocycles. The number of aliphatic hydroxyl groups is 1. The van der Waals surface area contributed by atoms with Gasteiger partial charge in [-0.3, -0.25) is 0 Å². The first-order valence-electron chi connectivity index (χ1n) is 5.78. The van der Waals surface area contributed by atoms with Gasteiger partial charge in [-0.15, -0.1) is 0 Å². The number of allylic oxidation sites excluding steroid dienone is 1. The minimum atomic E-state index is -0.522. The molecule has 2 rings (SSSR count). The predicted molar refractivity (Wildman–Crippen MR) is 64.1 cm³/mol. The number of rotatable bonds is 3. The maximum absolute atomic E-state index is 10.3. The monoisotopic (exact) mass is 218 g/mol. The predicted octanol–water partition coefficient (Wildman–Crippen LogP) is 2.85. The fraction of sp³-hybridized carbons (Fsp3) is 0.429. The molecule has 0 aliphatic heterocycles. The second-order valence-corrected chi connectivity index (χ2v) is 4.17. The number of ether oxygens (including phenoxy) is 1. The Morgan fingerprint density at radius 3 is 2.75 bits per heavy atom. The molecule has 0 heterocycles. The zero-order valence-corrected chi connectivity index (χ0v) is 9.60. The average Bonchev–Trinajstić information content (AvgIpc) is 2.39. The lowest BCUT2D eigenvalue weighted by atomic mass is 9.89. The lowest BCUT2D eigenvalue weighted by molar-refractivity contribution is 0.0859. The van der Waals surface area contributed by atoms with Crippen LogP contribution in [0.4, 0.5) is 0 Å². The van der Waals surface area contributed by atoms with Gasteiger partial charge in [0.15, 0.2) is 0 Å². The largest absolute Gasteiger partial charge is 0.384 e. The first-order valence-corrected chi connectivity index (χ1v) is 5.78. The Labute approximate surface area is 96.6 Å². The number of hydrogen-bond donors (Lipinski definition) is 1. The molecule has 16 heavy (non-hydrogen) atoms. The van der Waals surface area contributed by atoms with Crippen molar-refractivity contribution in [3.05, 3.63) is 47.5 Å². The second kappa shape index (κ2) is 5.28. The maximum Gasteiger partial charge on any atom is 0.103 e. The molecule has 0 spiro atoms. The smallest absolute Gasteiger partial charge is 0.103 e. The van der Waals surface area contributed by atoms with Crippen molar-refractivity contribution in [3.63, 3.8) is 0 Å². The Bertz CT molecular complexity index is 356. The molecule has 0 unspecified atom stereocenters. The number of benzene rings is 1. The first-order chi connectivity index (χ1) is 7.83. The van der Waals surface area contributed by atoms with Crippen LogP contribution in [0, 0.1) is 0 Å². The Morgan fingerprint density at radius 2 is 2.06 bits per heavy atom. The van der Waals surface area contributed by atoms with Gasteiger partial charge in [0.05, 0.1) is 6.10 Å². The van der Waals surface area contributed by atoms with E-state index in [0.29, 0.717) is 0 Å². The highest BCUT2D eigenvalue weighted by atomic mass is 16.5. The van der Waals surface area contributed by atoms with Gasteiger partial charge in [0, 0.05) is 7.11 Å². The summed E-state index contributed by atoms with van der Waals surface area (Å²) in [5, 5.41) is 10.3. The van der Waals surface area contributed by atoms with E-state index in [0.717, 1.165) is 30.4 Å². The summed E-state index contributed by atoms with van der Waals surface area (Å²) in [7, 11) is 1.71. The Hall–Kier alpha value is -1.12. The lowest BCUT2D eigenvalue weighted by Crippen LogP contribution is -2.21. The van der Waals surface area contributed by atoms with Gasteiger partial charge in [-0.2, -0.15) is 0 Å². The number of methoxy groups -OCH3 is 1. The van der Waals surface area contributed by atoms with Crippen LogP contribution in [0.3, 0.4) is 0 Å². The van der Waals surface area contributed by atoms with Crippen LogP contribution in [0.25, 0.3) is 0 Å². The fourth-order valence-corrected chi connectivity index (χ4v) is 2.24. The van der Waals surface area contributed by atoms with E-state index in [4.69, 9.17) is 4.74 Å². The minimum absolute atomic E-state index is 0.0731. The third kappa shape index (κ3) is 2.34. The molecule has 0 amide bonds. The van der Waals surface area contributed by atoms with E-state index < -0.39 is 6.10 Å². The van der Waals surface area contributed by atoms with E-state index in [1.54, 1.807) is 7.11 Å². The van der Waals surface area contributed by atoms with Crippen molar-refractivity contribution in [1.29, 1.82) is 0 Å². The molecule has 0 saturated carbocycles. The first kappa shape index (κ1) is 11.4. The van der Waals surface area contributed by atoms with E-state index in [1.165, 1.54) is 0 Å². The van der Waals surface area contributed by atoms with Crippen molar-refractivity contribution >= 4 is 0 Å². The van der Waals surface area contributed by atoms with Crippen LogP contribution >= 0.6 is 0 Å². The Kier molecular flexibility index (Phi) is 3.75. The fourth-order valence-electron chi connectivity index (χ4n) is 2.24. The molecule has 0 aromatic heterocycles. The van der Waals surface area contributed by atoms with Gasteiger partial charge in [-0.05, 0) is 30.4 Å². The second-order valence-electron chi connectivity index (χ2n) is 4.17. The molecule has 0 bridgehead atoms. The van der Waals surface area contributed by atoms with Crippen LogP contribution in [-0.2, 0) is 4.74 Å². The van der Waals surface area contributed by atoms with Crippen molar-refractivity contribution in [2.75, 3.05) is 7.11 Å². The summed E-state index contributed by atoms with van der Waals surface area (Å²) >= 11 is 0. The van der Waals surface area contributed by atoms with Crippen LogP contribution < -0.4 is 0 Å². The van der Waals surface area contributed by atoms with Gasteiger partial charge < -0.3 is 9.84 Å². The van der Waals surface area contributed by atoms with E-state index >= 15 is 0 Å². The third-order valence-corrected chi connectivity index (χ3v) is 3.14. The van der Waals surface area contributed by atoms with E-state index in [9.17, 15) is 5.11 Å². The highest BCUT2D eigenvalue weighted by molar-refractivity contribution is 5.28. The van der Waals surface area contributed by atoms with Crippen LogP contribution in [0.15, 0.2) is 42.0 Å². The molecule has 0 fully saturated rings. The SMILES string of the molecule is CO[C@H]1CCCC=C1[C@H](O)c1ccccc1. The normalized spacial score (nSPS) is 22.6.